The number of rotatable bonds is 8. The smallest absolute Gasteiger partial charge is 0.813 e. The maximum absolute atomic E-state index is 12.1. The second kappa shape index (κ2) is 16.4. The van der Waals surface area contributed by atoms with E-state index < -0.39 is 19.5 Å². The van der Waals surface area contributed by atoms with Gasteiger partial charge in [-0.05, 0) is 48.0 Å². The molecule has 0 aliphatic carbocycles. The van der Waals surface area contributed by atoms with Crippen LogP contribution in [-0.4, -0.2) is 53.2 Å². The van der Waals surface area contributed by atoms with Gasteiger partial charge < -0.3 is 27.9 Å². The number of aromatic nitrogens is 3. The Morgan fingerprint density at radius 3 is 1.69 bits per heavy atom. The first-order valence-corrected chi connectivity index (χ1v) is 12.6. The fraction of sp³-hybridized carbons (Fsp3) is 0.421. The molecule has 0 saturated carbocycles. The molecule has 0 aliphatic heterocycles. The van der Waals surface area contributed by atoms with E-state index in [4.69, 9.17) is 79.1 Å². The Bertz CT molecular complexity index is 1010. The number of thiol groups is 1. The Labute approximate surface area is 296 Å². The summed E-state index contributed by atoms with van der Waals surface area (Å²) in [5.41, 5.74) is 0.943. The average molecular weight is 730 g/mol. The zero-order chi connectivity index (χ0) is 25.7. The molecule has 0 spiro atoms. The van der Waals surface area contributed by atoms with Crippen molar-refractivity contribution < 1.29 is 70.4 Å². The van der Waals surface area contributed by atoms with Gasteiger partial charge in [-0.15, -0.1) is 0 Å². The van der Waals surface area contributed by atoms with E-state index in [9.17, 15) is 9.59 Å². The third-order valence-electron chi connectivity index (χ3n) is 3.94. The zero-order valence-electron chi connectivity index (χ0n) is 19.1. The molecule has 1 heterocycles. The molecule has 1 aromatic carbocycles. The normalized spacial score (nSPS) is 11.1. The van der Waals surface area contributed by atoms with E-state index in [1.807, 2.05) is 0 Å². The van der Waals surface area contributed by atoms with Gasteiger partial charge in [0.1, 0.15) is 13.1 Å². The number of ether oxygens (including phenoxy) is 2. The van der Waals surface area contributed by atoms with Crippen molar-refractivity contribution in [3.8, 4) is 11.4 Å². The molecule has 194 valence electrons. The number of esters is 2. The van der Waals surface area contributed by atoms with Gasteiger partial charge in [-0.2, -0.15) is 0 Å². The van der Waals surface area contributed by atoms with E-state index in [1.54, 1.807) is 32.0 Å². The predicted molar refractivity (Wildman–Crippen MR) is 146 cm³/mol. The van der Waals surface area contributed by atoms with Gasteiger partial charge >= 0.3 is 63.3 Å². The molecule has 1 aromatic heterocycles. The molecular formula is C19H18BrCl6KN4O4S. The van der Waals surface area contributed by atoms with E-state index >= 15 is 0 Å². The van der Waals surface area contributed by atoms with Crippen LogP contribution in [-0.2, 0) is 40.1 Å². The van der Waals surface area contributed by atoms with Crippen LogP contribution in [0.25, 0.3) is 11.4 Å². The molecule has 0 atom stereocenters. The third kappa shape index (κ3) is 11.3. The van der Waals surface area contributed by atoms with Crippen LogP contribution in [0.1, 0.15) is 25.5 Å². The molecule has 0 bridgehead atoms. The Kier molecular flexibility index (Phi) is 17.0. The Morgan fingerprint density at radius 1 is 0.889 bits per heavy atom. The van der Waals surface area contributed by atoms with Gasteiger partial charge in [-0.25, -0.2) is 15.0 Å². The SMILES string of the molecule is CCOC(=O)CN(CC(=O)OCC)c1ccc(-c2nc(C(Cl)(Cl)Cl)nc(C(Cl)(Cl)Cl)n2)cc1Br.[K+].[SH-]. The molecule has 17 heteroatoms. The van der Waals surface area contributed by atoms with Crippen LogP contribution < -0.4 is 56.3 Å². The second-order valence-electron chi connectivity index (χ2n) is 6.43. The van der Waals surface area contributed by atoms with Crippen LogP contribution in [0, 0.1) is 0 Å². The van der Waals surface area contributed by atoms with Gasteiger partial charge in [0.2, 0.25) is 7.59 Å². The summed E-state index contributed by atoms with van der Waals surface area (Å²) in [7, 11) is 0. The Hall–Kier alpha value is 1.18. The van der Waals surface area contributed by atoms with Crippen molar-refractivity contribution in [1.82, 2.24) is 15.0 Å². The number of carbonyl (C=O) groups excluding carboxylic acids is 2. The van der Waals surface area contributed by atoms with E-state index in [-0.39, 0.29) is 109 Å². The minimum atomic E-state index is -2.00. The number of hydrogen-bond acceptors (Lipinski definition) is 9. The van der Waals surface area contributed by atoms with Crippen LogP contribution in [0.2, 0.25) is 0 Å². The third-order valence-corrected chi connectivity index (χ3v) is 5.59. The van der Waals surface area contributed by atoms with Gasteiger partial charge in [0, 0.05) is 10.0 Å². The molecule has 2 rings (SSSR count). The van der Waals surface area contributed by atoms with E-state index in [2.05, 4.69) is 30.9 Å². The van der Waals surface area contributed by atoms with Crippen molar-refractivity contribution in [2.75, 3.05) is 31.2 Å². The van der Waals surface area contributed by atoms with Crippen LogP contribution in [0.4, 0.5) is 5.69 Å². The quantitative estimate of drug-likeness (QED) is 0.134. The Morgan fingerprint density at radius 2 is 1.33 bits per heavy atom. The summed E-state index contributed by atoms with van der Waals surface area (Å²) in [5, 5.41) is 0. The van der Waals surface area contributed by atoms with Crippen LogP contribution in [0.15, 0.2) is 22.7 Å². The number of halogens is 7. The Balaban J connectivity index is 0.00000612. The summed E-state index contributed by atoms with van der Waals surface area (Å²) in [6, 6.07) is 4.87. The first-order chi connectivity index (χ1) is 15.8. The molecule has 0 amide bonds. The van der Waals surface area contributed by atoms with Crippen molar-refractivity contribution in [3.05, 3.63) is 34.3 Å². The number of alkyl halides is 6. The number of carbonyl (C=O) groups is 2. The number of benzene rings is 1. The fourth-order valence-corrected chi connectivity index (χ4v) is 3.75. The first kappa shape index (κ1) is 37.2. The van der Waals surface area contributed by atoms with E-state index in [0.29, 0.717) is 15.7 Å². The molecule has 0 fully saturated rings. The van der Waals surface area contributed by atoms with Gasteiger partial charge in [0.15, 0.2) is 17.5 Å². The number of nitrogens with zero attached hydrogens (tertiary/aromatic N) is 4. The summed E-state index contributed by atoms with van der Waals surface area (Å²) in [6.45, 7) is 3.38. The van der Waals surface area contributed by atoms with Crippen LogP contribution in [0.3, 0.4) is 0 Å². The number of hydrogen-bond donors (Lipinski definition) is 0. The minimum Gasteiger partial charge on any atom is -0.813 e. The average Bonchev–Trinajstić information content (AvgIpc) is 2.72. The van der Waals surface area contributed by atoms with Crippen LogP contribution >= 0.6 is 85.5 Å². The molecular weight excluding hydrogens is 712 g/mol. The van der Waals surface area contributed by atoms with Gasteiger partial charge in [-0.3, -0.25) is 9.59 Å². The van der Waals surface area contributed by atoms with E-state index in [0.717, 1.165) is 0 Å². The predicted octanol–water partition coefficient (Wildman–Crippen LogP) is 2.62. The monoisotopic (exact) mass is 726 g/mol. The number of anilines is 1. The maximum Gasteiger partial charge on any atom is 1.00 e. The largest absolute Gasteiger partial charge is 1.00 e. The summed E-state index contributed by atoms with van der Waals surface area (Å²) in [4.78, 5) is 38.0. The van der Waals surface area contributed by atoms with Crippen molar-refractivity contribution in [2.45, 2.75) is 21.4 Å². The van der Waals surface area contributed by atoms with Crippen molar-refractivity contribution in [2.24, 2.45) is 0 Å². The summed E-state index contributed by atoms with van der Waals surface area (Å²) in [5.74, 6) is -1.45. The molecule has 0 N–H and O–H groups in total. The van der Waals surface area contributed by atoms with Gasteiger partial charge in [0.05, 0.1) is 18.9 Å². The molecule has 2 aromatic rings. The molecule has 0 aliphatic rings. The standard InChI is InChI=1S/C19H17BrCl6N4O4.K.H2S/c1-3-33-13(31)8-30(9-14(32)34-4-2)12-6-5-10(7-11(12)20)15-27-16(18(21,22)23)29-17(28-15)19(24,25)26;;/h5-7H,3-4,8-9H2,1-2H3;;1H2/q;+1;/p-1. The molecule has 8 nitrogen and oxygen atoms in total. The summed E-state index contributed by atoms with van der Waals surface area (Å²) >= 11 is 39.0. The maximum atomic E-state index is 12.1. The molecule has 0 saturated heterocycles. The fourth-order valence-electron chi connectivity index (χ4n) is 2.61. The van der Waals surface area contributed by atoms with Gasteiger partial charge in [-0.1, -0.05) is 69.6 Å². The van der Waals surface area contributed by atoms with Crippen LogP contribution in [0.5, 0.6) is 0 Å². The minimum absolute atomic E-state index is 0. The topological polar surface area (TPSA) is 94.5 Å². The summed E-state index contributed by atoms with van der Waals surface area (Å²) in [6.07, 6.45) is 0. The van der Waals surface area contributed by atoms with Crippen molar-refractivity contribution >= 4 is 117 Å². The van der Waals surface area contributed by atoms with E-state index in [1.165, 1.54) is 4.90 Å². The molecule has 0 radical (unpaired) electrons. The van der Waals surface area contributed by atoms with Gasteiger partial charge in [0.25, 0.3) is 0 Å². The van der Waals surface area contributed by atoms with Crippen molar-refractivity contribution in [3.63, 3.8) is 0 Å². The second-order valence-corrected chi connectivity index (χ2v) is 11.9. The van der Waals surface area contributed by atoms with Crippen molar-refractivity contribution in [1.29, 1.82) is 0 Å². The molecule has 0 unspecified atom stereocenters. The first-order valence-electron chi connectivity index (χ1n) is 9.52. The zero-order valence-corrected chi connectivity index (χ0v) is 29.2. The summed E-state index contributed by atoms with van der Waals surface area (Å²) < 4.78 is 6.50. The molecule has 36 heavy (non-hydrogen) atoms.